The zero-order chi connectivity index (χ0) is 12.3. The van der Waals surface area contributed by atoms with Gasteiger partial charge in [0.1, 0.15) is 6.04 Å². The van der Waals surface area contributed by atoms with E-state index in [1.54, 1.807) is 6.92 Å². The van der Waals surface area contributed by atoms with Crippen LogP contribution in [0.2, 0.25) is 0 Å². The molecule has 2 amide bonds. The summed E-state index contributed by atoms with van der Waals surface area (Å²) in [6.07, 6.45) is 2.64. The first kappa shape index (κ1) is 12.8. The van der Waals surface area contributed by atoms with Crippen LogP contribution in [0.4, 0.5) is 4.79 Å². The summed E-state index contributed by atoms with van der Waals surface area (Å²) in [6.45, 7) is 5.66. The van der Waals surface area contributed by atoms with Crippen LogP contribution in [-0.4, -0.2) is 28.7 Å². The van der Waals surface area contributed by atoms with E-state index in [0.717, 1.165) is 12.8 Å². The smallest absolute Gasteiger partial charge is 0.326 e. The number of amides is 2. The molecule has 92 valence electrons. The summed E-state index contributed by atoms with van der Waals surface area (Å²) >= 11 is 0. The third kappa shape index (κ3) is 3.40. The number of carbonyl (C=O) groups excluding carboxylic acids is 1. The lowest BCUT2D eigenvalue weighted by molar-refractivity contribution is -0.139. The Morgan fingerprint density at radius 3 is 2.38 bits per heavy atom. The van der Waals surface area contributed by atoms with Crippen molar-refractivity contribution >= 4 is 12.0 Å². The summed E-state index contributed by atoms with van der Waals surface area (Å²) < 4.78 is 0. The summed E-state index contributed by atoms with van der Waals surface area (Å²) in [5, 5.41) is 14.1. The topological polar surface area (TPSA) is 78.4 Å². The molecule has 0 aromatic rings. The minimum absolute atomic E-state index is 0.249. The summed E-state index contributed by atoms with van der Waals surface area (Å²) in [5.74, 6) is -0.481. The molecule has 0 heterocycles. The van der Waals surface area contributed by atoms with Crippen molar-refractivity contribution in [1.82, 2.24) is 10.6 Å². The molecule has 0 unspecified atom stereocenters. The third-order valence-electron chi connectivity index (χ3n) is 3.05. The van der Waals surface area contributed by atoms with E-state index in [2.05, 4.69) is 10.6 Å². The monoisotopic (exact) mass is 228 g/mol. The molecule has 0 aliphatic heterocycles. The fourth-order valence-electron chi connectivity index (χ4n) is 1.73. The molecule has 0 aromatic heterocycles. The Balaban J connectivity index is 2.42. The van der Waals surface area contributed by atoms with E-state index in [1.807, 2.05) is 13.8 Å². The van der Waals surface area contributed by atoms with Crippen molar-refractivity contribution in [2.45, 2.75) is 51.6 Å². The molecule has 0 bridgehead atoms. The van der Waals surface area contributed by atoms with Gasteiger partial charge in [-0.05, 0) is 39.0 Å². The van der Waals surface area contributed by atoms with Crippen molar-refractivity contribution in [1.29, 1.82) is 0 Å². The maximum atomic E-state index is 11.6. The second-order valence-electron chi connectivity index (χ2n) is 4.89. The molecule has 0 spiro atoms. The SMILES string of the molecule is CC[C@H](NC(=O)NC(C)(C)C1CC1)C(=O)O. The number of carboxylic acids is 1. The van der Waals surface area contributed by atoms with E-state index < -0.39 is 18.0 Å². The lowest BCUT2D eigenvalue weighted by atomic mass is 9.99. The van der Waals surface area contributed by atoms with Gasteiger partial charge in [-0.1, -0.05) is 6.92 Å². The predicted molar refractivity (Wildman–Crippen MR) is 60.2 cm³/mol. The van der Waals surface area contributed by atoms with Crippen molar-refractivity contribution in [3.05, 3.63) is 0 Å². The largest absolute Gasteiger partial charge is 0.480 e. The second kappa shape index (κ2) is 4.72. The molecule has 5 nitrogen and oxygen atoms in total. The van der Waals surface area contributed by atoms with Crippen molar-refractivity contribution in [3.8, 4) is 0 Å². The Morgan fingerprint density at radius 2 is 2.00 bits per heavy atom. The van der Waals surface area contributed by atoms with Gasteiger partial charge in [0.25, 0.3) is 0 Å². The highest BCUT2D eigenvalue weighted by atomic mass is 16.4. The van der Waals surface area contributed by atoms with Gasteiger partial charge in [0, 0.05) is 5.54 Å². The summed E-state index contributed by atoms with van der Waals surface area (Å²) in [5.41, 5.74) is -0.249. The molecule has 1 aliphatic rings. The highest BCUT2D eigenvalue weighted by Crippen LogP contribution is 2.39. The summed E-state index contributed by atoms with van der Waals surface area (Å²) in [7, 11) is 0. The first-order valence-corrected chi connectivity index (χ1v) is 5.68. The summed E-state index contributed by atoms with van der Waals surface area (Å²) in [6, 6.07) is -1.21. The molecule has 1 aliphatic carbocycles. The molecule has 3 N–H and O–H groups in total. The van der Waals surface area contributed by atoms with Crippen LogP contribution in [0.1, 0.15) is 40.0 Å². The Kier molecular flexibility index (Phi) is 3.78. The van der Waals surface area contributed by atoms with Gasteiger partial charge < -0.3 is 15.7 Å². The van der Waals surface area contributed by atoms with Crippen molar-refractivity contribution < 1.29 is 14.7 Å². The Labute approximate surface area is 95.6 Å². The third-order valence-corrected chi connectivity index (χ3v) is 3.05. The maximum Gasteiger partial charge on any atom is 0.326 e. The number of urea groups is 1. The molecule has 1 rings (SSSR count). The molecule has 1 fully saturated rings. The minimum Gasteiger partial charge on any atom is -0.480 e. The number of nitrogens with one attached hydrogen (secondary N) is 2. The van der Waals surface area contributed by atoms with Crippen LogP contribution in [0.3, 0.4) is 0 Å². The van der Waals surface area contributed by atoms with Gasteiger partial charge >= 0.3 is 12.0 Å². The first-order chi connectivity index (χ1) is 7.36. The minimum atomic E-state index is -0.998. The van der Waals surface area contributed by atoms with Gasteiger partial charge in [-0.15, -0.1) is 0 Å². The van der Waals surface area contributed by atoms with E-state index >= 15 is 0 Å². The fourth-order valence-corrected chi connectivity index (χ4v) is 1.73. The van der Waals surface area contributed by atoms with Crippen LogP contribution in [0.15, 0.2) is 0 Å². The van der Waals surface area contributed by atoms with Gasteiger partial charge in [-0.3, -0.25) is 0 Å². The average Bonchev–Trinajstić information content (AvgIpc) is 2.95. The molecule has 0 radical (unpaired) electrons. The number of aliphatic carboxylic acids is 1. The van der Waals surface area contributed by atoms with Gasteiger partial charge in [-0.2, -0.15) is 0 Å². The predicted octanol–water partition coefficient (Wildman–Crippen LogP) is 1.34. The Morgan fingerprint density at radius 1 is 1.44 bits per heavy atom. The van der Waals surface area contributed by atoms with E-state index in [4.69, 9.17) is 5.11 Å². The van der Waals surface area contributed by atoms with E-state index in [9.17, 15) is 9.59 Å². The molecule has 0 saturated heterocycles. The molecular formula is C11H20N2O3. The van der Waals surface area contributed by atoms with E-state index in [1.165, 1.54) is 0 Å². The Hall–Kier alpha value is -1.26. The standard InChI is InChI=1S/C11H20N2O3/c1-4-8(9(14)15)12-10(16)13-11(2,3)7-5-6-7/h7-8H,4-6H2,1-3H3,(H,14,15)(H2,12,13,16)/t8-/m0/s1. The second-order valence-corrected chi connectivity index (χ2v) is 4.89. The molecule has 16 heavy (non-hydrogen) atoms. The van der Waals surface area contributed by atoms with E-state index in [-0.39, 0.29) is 5.54 Å². The Bertz CT molecular complexity index is 285. The van der Waals surface area contributed by atoms with Crippen LogP contribution in [-0.2, 0) is 4.79 Å². The quantitative estimate of drug-likeness (QED) is 0.664. The van der Waals surface area contributed by atoms with Crippen molar-refractivity contribution in [2.75, 3.05) is 0 Å². The van der Waals surface area contributed by atoms with Crippen LogP contribution in [0, 0.1) is 5.92 Å². The highest BCUT2D eigenvalue weighted by molar-refractivity contribution is 5.82. The molecule has 1 atom stereocenters. The maximum absolute atomic E-state index is 11.6. The molecule has 1 saturated carbocycles. The first-order valence-electron chi connectivity index (χ1n) is 5.68. The normalized spacial score (nSPS) is 17.7. The lowest BCUT2D eigenvalue weighted by Crippen LogP contribution is -2.53. The number of carboxylic acid groups (broad SMARTS) is 1. The molecular weight excluding hydrogens is 208 g/mol. The van der Waals surface area contributed by atoms with Gasteiger partial charge in [0.2, 0.25) is 0 Å². The lowest BCUT2D eigenvalue weighted by Gasteiger charge is -2.27. The van der Waals surface area contributed by atoms with Gasteiger partial charge in [-0.25, -0.2) is 9.59 Å². The number of carbonyl (C=O) groups is 2. The molecule has 0 aromatic carbocycles. The fraction of sp³-hybridized carbons (Fsp3) is 0.818. The zero-order valence-electron chi connectivity index (χ0n) is 10.0. The van der Waals surface area contributed by atoms with Crippen LogP contribution >= 0.6 is 0 Å². The highest BCUT2D eigenvalue weighted by Gasteiger charge is 2.39. The van der Waals surface area contributed by atoms with Crippen LogP contribution in [0.25, 0.3) is 0 Å². The summed E-state index contributed by atoms with van der Waals surface area (Å²) in [4.78, 5) is 22.3. The van der Waals surface area contributed by atoms with Crippen molar-refractivity contribution in [2.24, 2.45) is 5.92 Å². The van der Waals surface area contributed by atoms with Crippen LogP contribution in [0.5, 0.6) is 0 Å². The van der Waals surface area contributed by atoms with E-state index in [0.29, 0.717) is 12.3 Å². The number of hydrogen-bond acceptors (Lipinski definition) is 2. The van der Waals surface area contributed by atoms with Gasteiger partial charge in [0.05, 0.1) is 0 Å². The zero-order valence-corrected chi connectivity index (χ0v) is 10.0. The van der Waals surface area contributed by atoms with Crippen LogP contribution < -0.4 is 10.6 Å². The van der Waals surface area contributed by atoms with Crippen molar-refractivity contribution in [3.63, 3.8) is 0 Å². The number of rotatable bonds is 5. The number of hydrogen-bond donors (Lipinski definition) is 3. The average molecular weight is 228 g/mol. The van der Waals surface area contributed by atoms with Gasteiger partial charge in [0.15, 0.2) is 0 Å². The molecule has 5 heteroatoms.